The van der Waals surface area contributed by atoms with E-state index in [1.807, 2.05) is 35.7 Å². The predicted octanol–water partition coefficient (Wildman–Crippen LogP) is 3.58. The fourth-order valence-corrected chi connectivity index (χ4v) is 3.58. The van der Waals surface area contributed by atoms with Gasteiger partial charge in [0.2, 0.25) is 0 Å². The lowest BCUT2D eigenvalue weighted by atomic mass is 10.2. The molecule has 1 amide bonds. The topological polar surface area (TPSA) is 107 Å². The summed E-state index contributed by atoms with van der Waals surface area (Å²) in [5.41, 5.74) is 1.14. The molecule has 4 rings (SSSR count). The fourth-order valence-electron chi connectivity index (χ4n) is 2.72. The molecule has 0 spiro atoms. The molecule has 2 aromatic heterocycles. The van der Waals surface area contributed by atoms with Crippen molar-refractivity contribution in [1.29, 1.82) is 0 Å². The van der Waals surface area contributed by atoms with E-state index in [1.54, 1.807) is 0 Å². The number of thiazole rings is 1. The van der Waals surface area contributed by atoms with Crippen molar-refractivity contribution in [2.45, 2.75) is 0 Å². The zero-order chi connectivity index (χ0) is 19.7. The summed E-state index contributed by atoms with van der Waals surface area (Å²) < 4.78 is 1.41. The summed E-state index contributed by atoms with van der Waals surface area (Å²) in [4.78, 5) is 40.4. The highest BCUT2D eigenvalue weighted by Gasteiger charge is 2.17. The summed E-state index contributed by atoms with van der Waals surface area (Å²) in [5.74, 6) is -0.633. The number of nitro groups is 1. The number of hydrogen-bond acceptors (Lipinski definition) is 6. The maximum atomic E-state index is 12.9. The molecule has 0 aliphatic heterocycles. The van der Waals surface area contributed by atoms with Crippen molar-refractivity contribution in [2.24, 2.45) is 0 Å². The summed E-state index contributed by atoms with van der Waals surface area (Å²) in [5, 5.41) is 15.1. The van der Waals surface area contributed by atoms with Crippen LogP contribution in [0, 0.1) is 10.1 Å². The van der Waals surface area contributed by atoms with Crippen molar-refractivity contribution in [3.8, 4) is 11.3 Å². The normalized spacial score (nSPS) is 10.7. The number of carbonyl (C=O) groups is 1. The molecular weight excluding hydrogens is 380 g/mol. The number of nitrogens with zero attached hydrogens (tertiary/aromatic N) is 3. The predicted molar refractivity (Wildman–Crippen MR) is 106 cm³/mol. The van der Waals surface area contributed by atoms with Gasteiger partial charge in [-0.2, -0.15) is 0 Å². The Balaban J connectivity index is 1.71. The van der Waals surface area contributed by atoms with E-state index < -0.39 is 16.4 Å². The molecule has 0 saturated carbocycles. The molecule has 8 nitrogen and oxygen atoms in total. The number of rotatable bonds is 4. The molecule has 0 atom stereocenters. The Kier molecular flexibility index (Phi) is 4.42. The second-order valence-electron chi connectivity index (χ2n) is 5.84. The Hall–Kier alpha value is -3.85. The lowest BCUT2D eigenvalue weighted by Gasteiger charge is -2.06. The number of non-ortho nitro benzene ring substituents is 1. The van der Waals surface area contributed by atoms with Gasteiger partial charge in [0.25, 0.3) is 17.2 Å². The molecule has 4 aromatic rings. The van der Waals surface area contributed by atoms with Gasteiger partial charge in [-0.1, -0.05) is 30.3 Å². The molecule has 138 valence electrons. The average Bonchev–Trinajstić information content (AvgIpc) is 3.14. The van der Waals surface area contributed by atoms with Gasteiger partial charge in [0.15, 0.2) is 4.96 Å². The molecule has 0 aliphatic rings. The largest absolute Gasteiger partial charge is 0.322 e. The molecule has 0 bridgehead atoms. The van der Waals surface area contributed by atoms with Gasteiger partial charge < -0.3 is 5.32 Å². The summed E-state index contributed by atoms with van der Waals surface area (Å²) >= 11 is 1.31. The van der Waals surface area contributed by atoms with Gasteiger partial charge in [-0.15, -0.1) is 11.3 Å². The van der Waals surface area contributed by atoms with E-state index in [0.29, 0.717) is 16.3 Å². The Labute approximate surface area is 161 Å². The molecule has 0 aliphatic carbocycles. The Morgan fingerprint density at radius 1 is 1.11 bits per heavy atom. The second kappa shape index (κ2) is 7.05. The second-order valence-corrected chi connectivity index (χ2v) is 6.68. The van der Waals surface area contributed by atoms with Crippen LogP contribution in [0.25, 0.3) is 16.2 Å². The fraction of sp³-hybridized carbons (Fsp3) is 0. The number of fused-ring (bicyclic) bond motifs is 1. The Bertz CT molecular complexity index is 1250. The number of nitro benzene ring substituents is 1. The number of aromatic nitrogens is 2. The van der Waals surface area contributed by atoms with Crippen LogP contribution in [0.1, 0.15) is 10.4 Å². The molecule has 9 heteroatoms. The first kappa shape index (κ1) is 17.6. The van der Waals surface area contributed by atoms with E-state index in [9.17, 15) is 19.7 Å². The third kappa shape index (κ3) is 3.14. The highest BCUT2D eigenvalue weighted by atomic mass is 32.1. The van der Waals surface area contributed by atoms with Gasteiger partial charge in [-0.3, -0.25) is 24.1 Å². The van der Waals surface area contributed by atoms with E-state index in [4.69, 9.17) is 0 Å². The zero-order valence-corrected chi connectivity index (χ0v) is 15.1. The highest BCUT2D eigenvalue weighted by molar-refractivity contribution is 7.15. The SMILES string of the molecule is O=C(Nc1ccc([N+](=O)[O-])cc1)c1cnc2scc(-c3ccccc3)n2c1=O. The third-order valence-electron chi connectivity index (χ3n) is 4.10. The lowest BCUT2D eigenvalue weighted by Crippen LogP contribution is -2.26. The van der Waals surface area contributed by atoms with Crippen molar-refractivity contribution in [2.75, 3.05) is 5.32 Å². The molecule has 0 radical (unpaired) electrons. The van der Waals surface area contributed by atoms with Crippen LogP contribution in [0.3, 0.4) is 0 Å². The average molecular weight is 392 g/mol. The number of carbonyl (C=O) groups excluding carboxylic acids is 1. The first-order chi connectivity index (χ1) is 13.5. The maximum Gasteiger partial charge on any atom is 0.271 e. The Morgan fingerprint density at radius 3 is 2.50 bits per heavy atom. The van der Waals surface area contributed by atoms with E-state index >= 15 is 0 Å². The molecule has 0 unspecified atom stereocenters. The van der Waals surface area contributed by atoms with E-state index in [0.717, 1.165) is 5.56 Å². The molecule has 28 heavy (non-hydrogen) atoms. The molecular formula is C19H12N4O4S. The van der Waals surface area contributed by atoms with E-state index in [1.165, 1.54) is 46.2 Å². The van der Waals surface area contributed by atoms with Crippen LogP contribution in [0.4, 0.5) is 11.4 Å². The summed E-state index contributed by atoms with van der Waals surface area (Å²) in [6.45, 7) is 0. The van der Waals surface area contributed by atoms with Crippen LogP contribution in [-0.2, 0) is 0 Å². The highest BCUT2D eigenvalue weighted by Crippen LogP contribution is 2.23. The van der Waals surface area contributed by atoms with Crippen LogP contribution in [0.5, 0.6) is 0 Å². The quantitative estimate of drug-likeness (QED) is 0.422. The van der Waals surface area contributed by atoms with Crippen LogP contribution in [0.15, 0.2) is 71.0 Å². The molecule has 2 aromatic carbocycles. The van der Waals surface area contributed by atoms with Crippen molar-refractivity contribution in [3.05, 3.63) is 92.2 Å². The summed E-state index contributed by atoms with van der Waals surface area (Å²) in [7, 11) is 0. The van der Waals surface area contributed by atoms with Gasteiger partial charge >= 0.3 is 0 Å². The van der Waals surface area contributed by atoms with Crippen molar-refractivity contribution >= 4 is 33.6 Å². The van der Waals surface area contributed by atoms with Crippen LogP contribution >= 0.6 is 11.3 Å². The van der Waals surface area contributed by atoms with Crippen molar-refractivity contribution < 1.29 is 9.72 Å². The maximum absolute atomic E-state index is 12.9. The summed E-state index contributed by atoms with van der Waals surface area (Å²) in [6, 6.07) is 14.7. The van der Waals surface area contributed by atoms with Crippen LogP contribution in [-0.4, -0.2) is 20.2 Å². The minimum Gasteiger partial charge on any atom is -0.322 e. The summed E-state index contributed by atoms with van der Waals surface area (Å²) in [6.07, 6.45) is 1.24. The first-order valence-electron chi connectivity index (χ1n) is 8.15. The first-order valence-corrected chi connectivity index (χ1v) is 9.03. The van der Waals surface area contributed by atoms with Gasteiger partial charge in [0, 0.05) is 29.4 Å². The van der Waals surface area contributed by atoms with Gasteiger partial charge in [0.1, 0.15) is 5.56 Å². The number of hydrogen-bond donors (Lipinski definition) is 1. The number of benzene rings is 2. The number of anilines is 1. The van der Waals surface area contributed by atoms with Crippen molar-refractivity contribution in [1.82, 2.24) is 9.38 Å². The lowest BCUT2D eigenvalue weighted by molar-refractivity contribution is -0.384. The van der Waals surface area contributed by atoms with Gasteiger partial charge in [-0.05, 0) is 17.7 Å². The van der Waals surface area contributed by atoms with Crippen LogP contribution in [0.2, 0.25) is 0 Å². The smallest absolute Gasteiger partial charge is 0.271 e. The standard InChI is InChI=1S/C19H12N4O4S/c24-17(21-13-6-8-14(9-7-13)23(26)27)15-10-20-19-22(18(15)25)16(11-28-19)12-4-2-1-3-5-12/h1-11H,(H,21,24). The monoisotopic (exact) mass is 392 g/mol. The number of amides is 1. The number of nitrogens with one attached hydrogen (secondary N) is 1. The Morgan fingerprint density at radius 2 is 1.82 bits per heavy atom. The third-order valence-corrected chi connectivity index (χ3v) is 4.94. The van der Waals surface area contributed by atoms with Crippen LogP contribution < -0.4 is 10.9 Å². The molecule has 0 fully saturated rings. The van der Waals surface area contributed by atoms with E-state index in [-0.39, 0.29) is 11.3 Å². The molecule has 1 N–H and O–H groups in total. The van der Waals surface area contributed by atoms with Gasteiger partial charge in [0.05, 0.1) is 10.6 Å². The zero-order valence-electron chi connectivity index (χ0n) is 14.2. The molecule has 0 saturated heterocycles. The molecule has 2 heterocycles. The van der Waals surface area contributed by atoms with E-state index in [2.05, 4.69) is 10.3 Å². The minimum absolute atomic E-state index is 0.0908. The van der Waals surface area contributed by atoms with Gasteiger partial charge in [-0.25, -0.2) is 4.98 Å². The minimum atomic E-state index is -0.633. The van der Waals surface area contributed by atoms with Crippen molar-refractivity contribution in [3.63, 3.8) is 0 Å².